The average molecular weight is 355 g/mol. The molecule has 1 heterocycles. The van der Waals surface area contributed by atoms with Crippen LogP contribution in [0.2, 0.25) is 0 Å². The molecule has 5 nitrogen and oxygen atoms in total. The number of allylic oxidation sites excluding steroid dienone is 2. The lowest BCUT2D eigenvalue weighted by atomic mass is 10.2. The van der Waals surface area contributed by atoms with Crippen LogP contribution in [0, 0.1) is 6.92 Å². The topological polar surface area (TPSA) is 56.1 Å². The number of aryl methyl sites for hydroxylation is 2. The van der Waals surface area contributed by atoms with E-state index in [1.165, 1.54) is 12.8 Å². The SMILES string of the molecule is CC=CCCCCCOc1cccc(CNC(=O)c2cc(C)nn2C)c1. The number of hydrogen-bond donors (Lipinski definition) is 1. The monoisotopic (exact) mass is 355 g/mol. The van der Waals surface area contributed by atoms with E-state index in [9.17, 15) is 4.79 Å². The smallest absolute Gasteiger partial charge is 0.269 e. The van der Waals surface area contributed by atoms with Gasteiger partial charge >= 0.3 is 0 Å². The fraction of sp³-hybridized carbons (Fsp3) is 0.429. The van der Waals surface area contributed by atoms with Crippen LogP contribution in [-0.4, -0.2) is 22.3 Å². The van der Waals surface area contributed by atoms with Gasteiger partial charge in [0.15, 0.2) is 0 Å². The minimum absolute atomic E-state index is 0.124. The second kappa shape index (κ2) is 10.4. The van der Waals surface area contributed by atoms with Gasteiger partial charge in [-0.1, -0.05) is 24.3 Å². The van der Waals surface area contributed by atoms with E-state index in [0.29, 0.717) is 12.2 Å². The Morgan fingerprint density at radius 1 is 1.27 bits per heavy atom. The molecule has 26 heavy (non-hydrogen) atoms. The molecular formula is C21H29N3O2. The predicted octanol–water partition coefficient (Wildman–Crippen LogP) is 4.17. The van der Waals surface area contributed by atoms with E-state index in [-0.39, 0.29) is 5.91 Å². The number of nitrogens with zero attached hydrogens (tertiary/aromatic N) is 2. The van der Waals surface area contributed by atoms with Crippen LogP contribution in [0.1, 0.15) is 54.4 Å². The third kappa shape index (κ3) is 6.39. The number of carbonyl (C=O) groups excluding carboxylic acids is 1. The number of rotatable bonds is 10. The van der Waals surface area contributed by atoms with Crippen LogP contribution in [0.5, 0.6) is 5.75 Å². The van der Waals surface area contributed by atoms with Gasteiger partial charge in [0.05, 0.1) is 12.3 Å². The molecule has 0 aliphatic rings. The summed E-state index contributed by atoms with van der Waals surface area (Å²) in [5, 5.41) is 7.13. The number of aromatic nitrogens is 2. The highest BCUT2D eigenvalue weighted by molar-refractivity contribution is 5.92. The average Bonchev–Trinajstić information content (AvgIpc) is 2.97. The number of ether oxygens (including phenoxy) is 1. The minimum Gasteiger partial charge on any atom is -0.494 e. The predicted molar refractivity (Wildman–Crippen MR) is 104 cm³/mol. The summed E-state index contributed by atoms with van der Waals surface area (Å²) in [5.41, 5.74) is 2.41. The van der Waals surface area contributed by atoms with Gasteiger partial charge in [-0.05, 0) is 63.3 Å². The van der Waals surface area contributed by atoms with Gasteiger partial charge in [-0.25, -0.2) is 0 Å². The quantitative estimate of drug-likeness (QED) is 0.514. The molecule has 0 aliphatic carbocycles. The molecular weight excluding hydrogens is 326 g/mol. The second-order valence-electron chi connectivity index (χ2n) is 6.39. The summed E-state index contributed by atoms with van der Waals surface area (Å²) in [6.07, 6.45) is 8.86. The molecule has 1 N–H and O–H groups in total. The first-order valence-electron chi connectivity index (χ1n) is 9.22. The molecule has 0 spiro atoms. The van der Waals surface area contributed by atoms with Gasteiger partial charge in [0.2, 0.25) is 0 Å². The van der Waals surface area contributed by atoms with Gasteiger partial charge in [-0.2, -0.15) is 5.10 Å². The Hall–Kier alpha value is -2.56. The van der Waals surface area contributed by atoms with Gasteiger partial charge in [0.1, 0.15) is 11.4 Å². The molecule has 140 valence electrons. The maximum atomic E-state index is 12.2. The van der Waals surface area contributed by atoms with Crippen molar-refractivity contribution in [2.45, 2.75) is 46.1 Å². The molecule has 0 aliphatic heterocycles. The highest BCUT2D eigenvalue weighted by atomic mass is 16.5. The van der Waals surface area contributed by atoms with Crippen LogP contribution in [0.4, 0.5) is 0 Å². The van der Waals surface area contributed by atoms with Crippen LogP contribution in [0.25, 0.3) is 0 Å². The first kappa shape index (κ1) is 19.8. The van der Waals surface area contributed by atoms with Gasteiger partial charge in [-0.3, -0.25) is 9.48 Å². The third-order valence-corrected chi connectivity index (χ3v) is 4.11. The second-order valence-corrected chi connectivity index (χ2v) is 6.39. The third-order valence-electron chi connectivity index (χ3n) is 4.11. The van der Waals surface area contributed by atoms with E-state index < -0.39 is 0 Å². The molecule has 0 atom stereocenters. The maximum Gasteiger partial charge on any atom is 0.269 e. The van der Waals surface area contributed by atoms with Gasteiger partial charge < -0.3 is 10.1 Å². The number of carbonyl (C=O) groups is 1. The Balaban J connectivity index is 1.76. The van der Waals surface area contributed by atoms with Crippen LogP contribution in [-0.2, 0) is 13.6 Å². The molecule has 0 unspecified atom stereocenters. The summed E-state index contributed by atoms with van der Waals surface area (Å²) < 4.78 is 7.42. The van der Waals surface area contributed by atoms with Crippen LogP contribution >= 0.6 is 0 Å². The summed E-state index contributed by atoms with van der Waals surface area (Å²) in [4.78, 5) is 12.2. The zero-order valence-electron chi connectivity index (χ0n) is 16.0. The van der Waals surface area contributed by atoms with Gasteiger partial charge in [0, 0.05) is 13.6 Å². The largest absolute Gasteiger partial charge is 0.494 e. The lowest BCUT2D eigenvalue weighted by Gasteiger charge is -2.09. The van der Waals surface area contributed by atoms with Crippen molar-refractivity contribution in [3.8, 4) is 5.75 Å². The van der Waals surface area contributed by atoms with E-state index in [1.807, 2.05) is 31.2 Å². The Labute approximate surface area is 156 Å². The molecule has 1 aromatic heterocycles. The molecule has 0 fully saturated rings. The van der Waals surface area contributed by atoms with Crippen molar-refractivity contribution in [2.75, 3.05) is 6.61 Å². The lowest BCUT2D eigenvalue weighted by molar-refractivity contribution is 0.0941. The van der Waals surface area contributed by atoms with Gasteiger partial charge in [0.25, 0.3) is 5.91 Å². The maximum absolute atomic E-state index is 12.2. The molecule has 1 aromatic carbocycles. The standard InChI is InChI=1S/C21H29N3O2/c1-4-5-6-7-8-9-13-26-19-12-10-11-18(15-19)16-22-21(25)20-14-17(2)23-24(20)3/h4-5,10-12,14-15H,6-9,13,16H2,1-3H3,(H,22,25). The van der Waals surface area contributed by atoms with Gasteiger partial charge in [-0.15, -0.1) is 0 Å². The van der Waals surface area contributed by atoms with Crippen molar-refractivity contribution in [3.63, 3.8) is 0 Å². The Bertz CT molecular complexity index is 735. The summed E-state index contributed by atoms with van der Waals surface area (Å²) in [6.45, 7) is 5.11. The summed E-state index contributed by atoms with van der Waals surface area (Å²) in [5.74, 6) is 0.724. The normalized spacial score (nSPS) is 11.0. The highest BCUT2D eigenvalue weighted by Crippen LogP contribution is 2.14. The van der Waals surface area contributed by atoms with Crippen molar-refractivity contribution in [3.05, 3.63) is 59.4 Å². The summed E-state index contributed by atoms with van der Waals surface area (Å²) in [7, 11) is 1.77. The van der Waals surface area contributed by atoms with E-state index >= 15 is 0 Å². The number of amides is 1. The zero-order chi connectivity index (χ0) is 18.8. The fourth-order valence-electron chi connectivity index (χ4n) is 2.74. The van der Waals surface area contributed by atoms with Crippen LogP contribution < -0.4 is 10.1 Å². The zero-order valence-corrected chi connectivity index (χ0v) is 16.0. The summed E-state index contributed by atoms with van der Waals surface area (Å²) in [6, 6.07) is 9.66. The molecule has 2 aromatic rings. The van der Waals surface area contributed by atoms with E-state index in [0.717, 1.165) is 36.5 Å². The van der Waals surface area contributed by atoms with Crippen LogP contribution in [0.15, 0.2) is 42.5 Å². The molecule has 0 saturated heterocycles. The molecule has 2 rings (SSSR count). The molecule has 0 radical (unpaired) electrons. The molecule has 0 saturated carbocycles. The van der Waals surface area contributed by atoms with E-state index in [1.54, 1.807) is 17.8 Å². The number of hydrogen-bond acceptors (Lipinski definition) is 3. The van der Waals surface area contributed by atoms with Crippen LogP contribution in [0.3, 0.4) is 0 Å². The minimum atomic E-state index is -0.124. The van der Waals surface area contributed by atoms with E-state index in [2.05, 4.69) is 29.5 Å². The molecule has 1 amide bonds. The number of nitrogens with one attached hydrogen (secondary N) is 1. The van der Waals surface area contributed by atoms with E-state index in [4.69, 9.17) is 4.74 Å². The van der Waals surface area contributed by atoms with Crippen molar-refractivity contribution in [2.24, 2.45) is 7.05 Å². The lowest BCUT2D eigenvalue weighted by Crippen LogP contribution is -2.25. The first-order chi connectivity index (χ1) is 12.6. The Morgan fingerprint density at radius 3 is 2.85 bits per heavy atom. The van der Waals surface area contributed by atoms with Crippen molar-refractivity contribution < 1.29 is 9.53 Å². The van der Waals surface area contributed by atoms with Crippen molar-refractivity contribution in [1.82, 2.24) is 15.1 Å². The highest BCUT2D eigenvalue weighted by Gasteiger charge is 2.11. The van der Waals surface area contributed by atoms with Crippen molar-refractivity contribution >= 4 is 5.91 Å². The first-order valence-corrected chi connectivity index (χ1v) is 9.22. The Morgan fingerprint density at radius 2 is 2.12 bits per heavy atom. The fourth-order valence-corrected chi connectivity index (χ4v) is 2.74. The summed E-state index contributed by atoms with van der Waals surface area (Å²) >= 11 is 0. The molecule has 0 bridgehead atoms. The number of benzene rings is 1. The molecule has 5 heteroatoms. The Kier molecular flexibility index (Phi) is 7.93. The number of unbranched alkanes of at least 4 members (excludes halogenated alkanes) is 3. The van der Waals surface area contributed by atoms with Crippen molar-refractivity contribution in [1.29, 1.82) is 0 Å².